The second-order valence-electron chi connectivity index (χ2n) is 7.04. The summed E-state index contributed by atoms with van der Waals surface area (Å²) in [4.78, 5) is 23.6. The number of fused-ring (bicyclic) bond motifs is 2. The average molecular weight is 450 g/mol. The van der Waals surface area contributed by atoms with E-state index in [2.05, 4.69) is 33.5 Å². The summed E-state index contributed by atoms with van der Waals surface area (Å²) in [5.41, 5.74) is 2.11. The fourth-order valence-corrected chi connectivity index (χ4v) is 5.26. The van der Waals surface area contributed by atoms with Gasteiger partial charge < -0.3 is 14.8 Å². The molecular formula is C23H19N3O3S2. The van der Waals surface area contributed by atoms with E-state index >= 15 is 0 Å². The van der Waals surface area contributed by atoms with Crippen LogP contribution in [0.3, 0.4) is 0 Å². The second-order valence-corrected chi connectivity index (χ2v) is 9.40. The maximum atomic E-state index is 12.7. The minimum atomic E-state index is -0.299. The molecule has 5 rings (SSSR count). The number of rotatable bonds is 6. The van der Waals surface area contributed by atoms with E-state index in [0.29, 0.717) is 12.3 Å². The zero-order valence-electron chi connectivity index (χ0n) is 16.7. The molecule has 1 N–H and O–H groups in total. The maximum absolute atomic E-state index is 12.7. The van der Waals surface area contributed by atoms with E-state index in [1.54, 1.807) is 17.7 Å². The van der Waals surface area contributed by atoms with Gasteiger partial charge in [-0.15, -0.1) is 11.3 Å². The number of amides is 1. The van der Waals surface area contributed by atoms with Crippen molar-refractivity contribution >= 4 is 39.2 Å². The molecule has 1 unspecified atom stereocenters. The molecule has 4 aromatic rings. The van der Waals surface area contributed by atoms with Gasteiger partial charge in [0.05, 0.1) is 5.25 Å². The molecule has 2 aromatic heterocycles. The van der Waals surface area contributed by atoms with Crippen LogP contribution in [0.2, 0.25) is 0 Å². The van der Waals surface area contributed by atoms with Crippen LogP contribution in [0.25, 0.3) is 20.7 Å². The quantitative estimate of drug-likeness (QED) is 0.334. The molecule has 1 aliphatic heterocycles. The number of ether oxygens (including phenoxy) is 2. The predicted molar refractivity (Wildman–Crippen MR) is 123 cm³/mol. The van der Waals surface area contributed by atoms with Gasteiger partial charge in [-0.25, -0.2) is 9.97 Å². The van der Waals surface area contributed by atoms with Crippen LogP contribution in [0.15, 0.2) is 66.0 Å². The van der Waals surface area contributed by atoms with Crippen molar-refractivity contribution in [2.75, 3.05) is 6.79 Å². The van der Waals surface area contributed by atoms with Gasteiger partial charge >= 0.3 is 0 Å². The lowest BCUT2D eigenvalue weighted by atomic mass is 10.2. The van der Waals surface area contributed by atoms with Gasteiger partial charge in [-0.2, -0.15) is 0 Å². The molecule has 0 saturated carbocycles. The molecule has 31 heavy (non-hydrogen) atoms. The van der Waals surface area contributed by atoms with Crippen molar-refractivity contribution in [2.45, 2.75) is 23.7 Å². The van der Waals surface area contributed by atoms with Crippen molar-refractivity contribution in [3.8, 4) is 21.9 Å². The number of nitrogens with zero attached hydrogens (tertiary/aromatic N) is 2. The molecule has 0 fully saturated rings. The average Bonchev–Trinajstić information content (AvgIpc) is 3.45. The van der Waals surface area contributed by atoms with E-state index in [-0.39, 0.29) is 18.0 Å². The zero-order valence-corrected chi connectivity index (χ0v) is 18.3. The van der Waals surface area contributed by atoms with Gasteiger partial charge in [-0.05, 0) is 36.2 Å². The fraction of sp³-hybridized carbons (Fsp3) is 0.174. The third-order valence-corrected chi connectivity index (χ3v) is 7.12. The molecule has 1 amide bonds. The summed E-state index contributed by atoms with van der Waals surface area (Å²) in [7, 11) is 0. The minimum absolute atomic E-state index is 0.0482. The van der Waals surface area contributed by atoms with Crippen molar-refractivity contribution in [3.05, 3.63) is 66.5 Å². The first-order valence-electron chi connectivity index (χ1n) is 9.80. The van der Waals surface area contributed by atoms with Gasteiger partial charge in [0, 0.05) is 16.8 Å². The Morgan fingerprint density at radius 2 is 1.97 bits per heavy atom. The molecule has 1 aliphatic rings. The molecule has 0 bridgehead atoms. The summed E-state index contributed by atoms with van der Waals surface area (Å²) in [6, 6.07) is 18.0. The minimum Gasteiger partial charge on any atom is -0.454 e. The first kappa shape index (κ1) is 19.8. The standard InChI is InChI=1S/C23H19N3O3S2/c1-14(21(27)24-11-15-7-8-18-19(9-15)29-13-28-18)30-22-17-10-20(16-5-3-2-4-6-16)31-23(17)26-12-25-22/h2-10,12,14H,11,13H2,1H3,(H,24,27). The number of benzene rings is 2. The van der Waals surface area contributed by atoms with Gasteiger partial charge in [-0.3, -0.25) is 4.79 Å². The summed E-state index contributed by atoms with van der Waals surface area (Å²) in [5.74, 6) is 1.40. The molecule has 0 radical (unpaired) electrons. The van der Waals surface area contributed by atoms with Gasteiger partial charge in [0.15, 0.2) is 11.5 Å². The van der Waals surface area contributed by atoms with Crippen molar-refractivity contribution in [2.24, 2.45) is 0 Å². The largest absolute Gasteiger partial charge is 0.454 e. The Balaban J connectivity index is 1.27. The first-order valence-corrected chi connectivity index (χ1v) is 11.5. The Kier molecular flexibility index (Phi) is 5.48. The summed E-state index contributed by atoms with van der Waals surface area (Å²) < 4.78 is 10.7. The Morgan fingerprint density at radius 3 is 2.84 bits per heavy atom. The molecular weight excluding hydrogens is 430 g/mol. The number of thiophene rings is 1. The molecule has 1 atom stereocenters. The van der Waals surface area contributed by atoms with Crippen molar-refractivity contribution < 1.29 is 14.3 Å². The lowest BCUT2D eigenvalue weighted by molar-refractivity contribution is -0.120. The lowest BCUT2D eigenvalue weighted by Crippen LogP contribution is -2.30. The van der Waals surface area contributed by atoms with Crippen molar-refractivity contribution in [1.29, 1.82) is 0 Å². The second kappa shape index (κ2) is 8.56. The summed E-state index contributed by atoms with van der Waals surface area (Å²) in [5, 5.41) is 4.49. The van der Waals surface area contributed by atoms with Gasteiger partial charge in [-0.1, -0.05) is 48.2 Å². The molecule has 0 aliphatic carbocycles. The maximum Gasteiger partial charge on any atom is 0.233 e. The Bertz CT molecular complexity index is 1240. The predicted octanol–water partition coefficient (Wildman–Crippen LogP) is 4.88. The molecule has 8 heteroatoms. The van der Waals surface area contributed by atoms with Crippen LogP contribution in [0, 0.1) is 0 Å². The van der Waals surface area contributed by atoms with Crippen LogP contribution in [-0.2, 0) is 11.3 Å². The molecule has 0 spiro atoms. The van der Waals surface area contributed by atoms with E-state index in [0.717, 1.165) is 37.0 Å². The fourth-order valence-electron chi connectivity index (χ4n) is 3.28. The highest BCUT2D eigenvalue weighted by atomic mass is 32.2. The van der Waals surface area contributed by atoms with E-state index in [9.17, 15) is 4.79 Å². The highest BCUT2D eigenvalue weighted by Crippen LogP contribution is 2.37. The monoisotopic (exact) mass is 449 g/mol. The highest BCUT2D eigenvalue weighted by molar-refractivity contribution is 8.00. The number of thioether (sulfide) groups is 1. The van der Waals surface area contributed by atoms with Gasteiger partial charge in [0.1, 0.15) is 16.2 Å². The first-order chi connectivity index (χ1) is 15.2. The topological polar surface area (TPSA) is 73.3 Å². The number of nitrogens with one attached hydrogen (secondary N) is 1. The Morgan fingerprint density at radius 1 is 1.13 bits per heavy atom. The molecule has 6 nitrogen and oxygen atoms in total. The zero-order chi connectivity index (χ0) is 21.2. The third-order valence-electron chi connectivity index (χ3n) is 4.91. The van der Waals surface area contributed by atoms with Crippen molar-refractivity contribution in [1.82, 2.24) is 15.3 Å². The highest BCUT2D eigenvalue weighted by Gasteiger charge is 2.19. The van der Waals surface area contributed by atoms with Crippen LogP contribution in [0.4, 0.5) is 0 Å². The van der Waals surface area contributed by atoms with Crippen molar-refractivity contribution in [3.63, 3.8) is 0 Å². The summed E-state index contributed by atoms with van der Waals surface area (Å²) in [6.07, 6.45) is 1.56. The molecule has 2 aromatic carbocycles. The third kappa shape index (κ3) is 4.22. The number of carbonyl (C=O) groups excluding carboxylic acids is 1. The van der Waals surface area contributed by atoms with Gasteiger partial charge in [0.2, 0.25) is 12.7 Å². The number of hydrogen-bond donors (Lipinski definition) is 1. The summed E-state index contributed by atoms with van der Waals surface area (Å²) in [6.45, 7) is 2.55. The smallest absolute Gasteiger partial charge is 0.233 e. The number of carbonyl (C=O) groups is 1. The van der Waals surface area contributed by atoms with Crippen LogP contribution < -0.4 is 14.8 Å². The van der Waals surface area contributed by atoms with E-state index in [1.165, 1.54) is 11.8 Å². The molecule has 156 valence electrons. The Hall–Kier alpha value is -3.10. The number of hydrogen-bond acceptors (Lipinski definition) is 7. The van der Waals surface area contributed by atoms with Crippen LogP contribution in [0.5, 0.6) is 11.5 Å². The lowest BCUT2D eigenvalue weighted by Gasteiger charge is -2.12. The normalized spacial score (nSPS) is 13.3. The SMILES string of the molecule is CC(Sc1ncnc2sc(-c3ccccc3)cc12)C(=O)NCc1ccc2c(c1)OCO2. The van der Waals surface area contributed by atoms with E-state index in [4.69, 9.17) is 9.47 Å². The molecule has 0 saturated heterocycles. The van der Waals surface area contributed by atoms with Gasteiger partial charge in [0.25, 0.3) is 0 Å². The number of aromatic nitrogens is 2. The summed E-state index contributed by atoms with van der Waals surface area (Å²) >= 11 is 3.07. The van der Waals surface area contributed by atoms with Crippen LogP contribution >= 0.6 is 23.1 Å². The molecule has 3 heterocycles. The van der Waals surface area contributed by atoms with Crippen LogP contribution in [0.1, 0.15) is 12.5 Å². The van der Waals surface area contributed by atoms with E-state index in [1.807, 2.05) is 43.3 Å². The van der Waals surface area contributed by atoms with Crippen LogP contribution in [-0.4, -0.2) is 27.9 Å². The Labute approximate surface area is 187 Å². The van der Waals surface area contributed by atoms with E-state index < -0.39 is 0 Å².